The minimum atomic E-state index is -0.618. The van der Waals surface area contributed by atoms with Gasteiger partial charge in [0.2, 0.25) is 5.91 Å². The van der Waals surface area contributed by atoms with Crippen molar-refractivity contribution in [2.24, 2.45) is 0 Å². The maximum absolute atomic E-state index is 14.0. The lowest BCUT2D eigenvalue weighted by Crippen LogP contribution is -2.38. The van der Waals surface area contributed by atoms with Crippen LogP contribution in [0.3, 0.4) is 0 Å². The van der Waals surface area contributed by atoms with Gasteiger partial charge in [0, 0.05) is 17.0 Å². The zero-order valence-electron chi connectivity index (χ0n) is 14.0. The number of hydrogen-bond acceptors (Lipinski definition) is 3. The number of likely N-dealkylation sites (N-methyl/N-ethyl adjacent to an activating group) is 1. The SMILES string of the molecule is CN(C)[C@@H](C(=O)NCCCSc1ccccc1)c1ccccc1F. The van der Waals surface area contributed by atoms with Crippen molar-refractivity contribution in [3.8, 4) is 0 Å². The summed E-state index contributed by atoms with van der Waals surface area (Å²) in [6.45, 7) is 0.581. The Kier molecular flexibility index (Phi) is 7.28. The molecular weight excluding hydrogens is 323 g/mol. The topological polar surface area (TPSA) is 32.3 Å². The number of thioether (sulfide) groups is 1. The number of nitrogens with one attached hydrogen (secondary N) is 1. The van der Waals surface area contributed by atoms with Crippen molar-refractivity contribution in [3.63, 3.8) is 0 Å². The summed E-state index contributed by atoms with van der Waals surface area (Å²) in [5.41, 5.74) is 0.402. The summed E-state index contributed by atoms with van der Waals surface area (Å²) in [6, 6.07) is 16.0. The van der Waals surface area contributed by atoms with Crippen LogP contribution in [0.15, 0.2) is 59.5 Å². The molecule has 0 fully saturated rings. The predicted molar refractivity (Wildman–Crippen MR) is 97.6 cm³/mol. The average molecular weight is 346 g/mol. The standard InChI is InChI=1S/C19H23FN2OS/c1-22(2)18(16-11-6-7-12-17(16)20)19(23)21-13-8-14-24-15-9-4-3-5-10-15/h3-7,9-12,18H,8,13-14H2,1-2H3,(H,21,23)/t18-/m1/s1. The molecule has 5 heteroatoms. The Labute approximate surface area is 147 Å². The zero-order valence-corrected chi connectivity index (χ0v) is 14.9. The first-order valence-corrected chi connectivity index (χ1v) is 8.94. The van der Waals surface area contributed by atoms with Crippen LogP contribution in [-0.4, -0.2) is 37.2 Å². The van der Waals surface area contributed by atoms with Crippen LogP contribution >= 0.6 is 11.8 Å². The highest BCUT2D eigenvalue weighted by molar-refractivity contribution is 7.99. The fraction of sp³-hybridized carbons (Fsp3) is 0.316. The molecule has 2 aromatic carbocycles. The van der Waals surface area contributed by atoms with Crippen LogP contribution < -0.4 is 5.32 Å². The lowest BCUT2D eigenvalue weighted by atomic mass is 10.0. The summed E-state index contributed by atoms with van der Waals surface area (Å²) in [7, 11) is 3.56. The molecule has 0 aliphatic heterocycles. The van der Waals surface area contributed by atoms with Gasteiger partial charge in [0.25, 0.3) is 0 Å². The minimum absolute atomic E-state index is 0.171. The van der Waals surface area contributed by atoms with Crippen molar-refractivity contribution in [1.29, 1.82) is 0 Å². The van der Waals surface area contributed by atoms with E-state index in [1.807, 2.05) is 18.2 Å². The van der Waals surface area contributed by atoms with E-state index in [1.54, 1.807) is 49.0 Å². The van der Waals surface area contributed by atoms with E-state index in [4.69, 9.17) is 0 Å². The van der Waals surface area contributed by atoms with Gasteiger partial charge in [-0.15, -0.1) is 11.8 Å². The van der Waals surface area contributed by atoms with Crippen molar-refractivity contribution in [3.05, 3.63) is 66.0 Å². The van der Waals surface area contributed by atoms with E-state index in [0.717, 1.165) is 12.2 Å². The highest BCUT2D eigenvalue weighted by Crippen LogP contribution is 2.21. The Hall–Kier alpha value is -1.85. The Morgan fingerprint density at radius 3 is 2.46 bits per heavy atom. The van der Waals surface area contributed by atoms with Gasteiger partial charge in [-0.3, -0.25) is 9.69 Å². The molecule has 0 unspecified atom stereocenters. The molecule has 0 aromatic heterocycles. The maximum atomic E-state index is 14.0. The van der Waals surface area contributed by atoms with Crippen LogP contribution in [0.4, 0.5) is 4.39 Å². The number of halogens is 1. The van der Waals surface area contributed by atoms with Crippen LogP contribution in [0, 0.1) is 5.82 Å². The van der Waals surface area contributed by atoms with Crippen molar-refractivity contribution >= 4 is 17.7 Å². The second kappa shape index (κ2) is 9.45. The molecule has 0 saturated heterocycles. The lowest BCUT2D eigenvalue weighted by molar-refractivity contribution is -0.125. The fourth-order valence-electron chi connectivity index (χ4n) is 2.44. The molecule has 0 bridgehead atoms. The second-order valence-electron chi connectivity index (χ2n) is 5.69. The van der Waals surface area contributed by atoms with Crippen LogP contribution in [0.5, 0.6) is 0 Å². The zero-order chi connectivity index (χ0) is 17.4. The number of carbonyl (C=O) groups is 1. The number of hydrogen-bond donors (Lipinski definition) is 1. The lowest BCUT2D eigenvalue weighted by Gasteiger charge is -2.24. The summed E-state index contributed by atoms with van der Waals surface area (Å²) in [6.07, 6.45) is 0.864. The van der Waals surface area contributed by atoms with Crippen molar-refractivity contribution < 1.29 is 9.18 Å². The van der Waals surface area contributed by atoms with Crippen molar-refractivity contribution in [1.82, 2.24) is 10.2 Å². The van der Waals surface area contributed by atoms with Crippen molar-refractivity contribution in [2.45, 2.75) is 17.4 Å². The molecule has 1 N–H and O–H groups in total. The Morgan fingerprint density at radius 2 is 1.79 bits per heavy atom. The number of rotatable bonds is 8. The predicted octanol–water partition coefficient (Wildman–Crippen LogP) is 3.73. The molecule has 24 heavy (non-hydrogen) atoms. The van der Waals surface area contributed by atoms with E-state index in [-0.39, 0.29) is 11.7 Å². The minimum Gasteiger partial charge on any atom is -0.354 e. The molecule has 0 radical (unpaired) electrons. The number of carbonyl (C=O) groups excluding carboxylic acids is 1. The van der Waals surface area contributed by atoms with Gasteiger partial charge in [-0.2, -0.15) is 0 Å². The monoisotopic (exact) mass is 346 g/mol. The maximum Gasteiger partial charge on any atom is 0.242 e. The summed E-state index contributed by atoms with van der Waals surface area (Å²) in [4.78, 5) is 15.4. The van der Waals surface area contributed by atoms with Crippen molar-refractivity contribution in [2.75, 3.05) is 26.4 Å². The summed E-state index contributed by atoms with van der Waals surface area (Å²) < 4.78 is 14.0. The highest BCUT2D eigenvalue weighted by Gasteiger charge is 2.25. The van der Waals surface area contributed by atoms with Gasteiger partial charge in [0.1, 0.15) is 11.9 Å². The Morgan fingerprint density at radius 1 is 1.12 bits per heavy atom. The Bertz CT molecular complexity index is 649. The molecular formula is C19H23FN2OS. The van der Waals surface area contributed by atoms with Gasteiger partial charge < -0.3 is 5.32 Å². The summed E-state index contributed by atoms with van der Waals surface area (Å²) in [5.74, 6) is 0.400. The normalized spacial score (nSPS) is 12.2. The fourth-order valence-corrected chi connectivity index (χ4v) is 3.31. The number of amides is 1. The van der Waals surface area contributed by atoms with E-state index in [2.05, 4.69) is 17.4 Å². The van der Waals surface area contributed by atoms with E-state index in [9.17, 15) is 9.18 Å². The van der Waals surface area contributed by atoms with E-state index >= 15 is 0 Å². The third-order valence-electron chi connectivity index (χ3n) is 3.60. The van der Waals surface area contributed by atoms with Gasteiger partial charge >= 0.3 is 0 Å². The van der Waals surface area contributed by atoms with Crippen LogP contribution in [-0.2, 0) is 4.79 Å². The Balaban J connectivity index is 1.82. The van der Waals surface area contributed by atoms with Gasteiger partial charge in [0.15, 0.2) is 0 Å². The smallest absolute Gasteiger partial charge is 0.242 e. The van der Waals surface area contributed by atoms with Crippen LogP contribution in [0.25, 0.3) is 0 Å². The van der Waals surface area contributed by atoms with Gasteiger partial charge in [-0.25, -0.2) is 4.39 Å². The van der Waals surface area contributed by atoms with E-state index in [1.165, 1.54) is 11.0 Å². The average Bonchev–Trinajstić information content (AvgIpc) is 2.57. The largest absolute Gasteiger partial charge is 0.354 e. The first kappa shape index (κ1) is 18.5. The molecule has 0 heterocycles. The van der Waals surface area contributed by atoms with Crippen LogP contribution in [0.2, 0.25) is 0 Å². The molecule has 128 valence electrons. The highest BCUT2D eigenvalue weighted by atomic mass is 32.2. The number of benzene rings is 2. The molecule has 2 aromatic rings. The number of nitrogens with zero attached hydrogens (tertiary/aromatic N) is 1. The summed E-state index contributed by atoms with van der Waals surface area (Å²) in [5, 5.41) is 2.92. The van der Waals surface area contributed by atoms with Gasteiger partial charge in [-0.05, 0) is 44.5 Å². The quantitative estimate of drug-likeness (QED) is 0.584. The second-order valence-corrected chi connectivity index (χ2v) is 6.86. The third-order valence-corrected chi connectivity index (χ3v) is 4.70. The molecule has 0 saturated carbocycles. The first-order valence-electron chi connectivity index (χ1n) is 7.96. The molecule has 1 atom stereocenters. The van der Waals surface area contributed by atoms with E-state index < -0.39 is 6.04 Å². The third kappa shape index (κ3) is 5.35. The summed E-state index contributed by atoms with van der Waals surface area (Å²) >= 11 is 1.76. The first-order chi connectivity index (χ1) is 11.6. The molecule has 3 nitrogen and oxygen atoms in total. The molecule has 0 aliphatic carbocycles. The van der Waals surface area contributed by atoms with E-state index in [0.29, 0.717) is 12.1 Å². The van der Waals surface area contributed by atoms with Gasteiger partial charge in [-0.1, -0.05) is 36.4 Å². The van der Waals surface area contributed by atoms with Gasteiger partial charge in [0.05, 0.1) is 0 Å². The van der Waals surface area contributed by atoms with Crippen LogP contribution in [0.1, 0.15) is 18.0 Å². The molecule has 0 aliphatic rings. The molecule has 1 amide bonds. The molecule has 0 spiro atoms. The molecule has 2 rings (SSSR count).